The monoisotopic (exact) mass is 302 g/mol. The van der Waals surface area contributed by atoms with Crippen molar-refractivity contribution in [3.63, 3.8) is 0 Å². The van der Waals surface area contributed by atoms with E-state index in [9.17, 15) is 9.59 Å². The van der Waals surface area contributed by atoms with E-state index in [1.807, 2.05) is 11.5 Å². The molecule has 3 amide bonds. The van der Waals surface area contributed by atoms with E-state index in [1.54, 1.807) is 30.6 Å². The first-order valence-electron chi connectivity index (χ1n) is 6.87. The minimum absolute atomic E-state index is 0.301. The number of primary amides is 1. The number of hydrogen-bond acceptors (Lipinski definition) is 4. The van der Waals surface area contributed by atoms with Crippen LogP contribution in [0.5, 0.6) is 0 Å². The van der Waals surface area contributed by atoms with Crippen LogP contribution in [0.4, 0.5) is 4.79 Å². The number of nitrogens with zero attached hydrogens (tertiary/aromatic N) is 3. The number of aryl methyl sites for hydroxylation is 1. The summed E-state index contributed by atoms with van der Waals surface area (Å²) in [4.78, 5) is 22.7. The Balaban J connectivity index is 1.79. The van der Waals surface area contributed by atoms with Gasteiger partial charge in [-0.1, -0.05) is 12.1 Å². The first-order chi connectivity index (χ1) is 10.6. The molecular weight excluding hydrogens is 284 g/mol. The molecule has 8 heteroatoms. The van der Waals surface area contributed by atoms with Crippen molar-refractivity contribution in [2.75, 3.05) is 0 Å². The molecule has 0 saturated carbocycles. The SMILES string of the molecule is CCn1cnnc1CNC(=O)NCc1ccc(C(N)=O)cc1. The summed E-state index contributed by atoms with van der Waals surface area (Å²) >= 11 is 0. The number of carbonyl (C=O) groups is 2. The molecule has 0 unspecified atom stereocenters. The summed E-state index contributed by atoms with van der Waals surface area (Å²) in [5, 5.41) is 13.2. The predicted octanol–water partition coefficient (Wildman–Crippen LogP) is 0.396. The van der Waals surface area contributed by atoms with Gasteiger partial charge in [-0.3, -0.25) is 4.79 Å². The molecule has 116 valence electrons. The van der Waals surface area contributed by atoms with Gasteiger partial charge in [0.25, 0.3) is 0 Å². The topological polar surface area (TPSA) is 115 Å². The highest BCUT2D eigenvalue weighted by Crippen LogP contribution is 2.03. The number of rotatable bonds is 6. The van der Waals surface area contributed by atoms with Crippen LogP contribution in [0.15, 0.2) is 30.6 Å². The number of benzene rings is 1. The largest absolute Gasteiger partial charge is 0.366 e. The zero-order chi connectivity index (χ0) is 15.9. The quantitative estimate of drug-likeness (QED) is 0.716. The lowest BCUT2D eigenvalue weighted by Crippen LogP contribution is -2.35. The van der Waals surface area contributed by atoms with Gasteiger partial charge in [-0.15, -0.1) is 10.2 Å². The lowest BCUT2D eigenvalue weighted by Gasteiger charge is -2.08. The third kappa shape index (κ3) is 4.05. The van der Waals surface area contributed by atoms with Crippen LogP contribution in [0.3, 0.4) is 0 Å². The Hall–Kier alpha value is -2.90. The fourth-order valence-corrected chi connectivity index (χ4v) is 1.87. The van der Waals surface area contributed by atoms with Crippen LogP contribution in [0.2, 0.25) is 0 Å². The zero-order valence-electron chi connectivity index (χ0n) is 12.2. The van der Waals surface area contributed by atoms with E-state index < -0.39 is 5.91 Å². The number of aromatic nitrogens is 3. The highest BCUT2D eigenvalue weighted by molar-refractivity contribution is 5.92. The number of carbonyl (C=O) groups excluding carboxylic acids is 2. The van der Waals surface area contributed by atoms with Gasteiger partial charge in [-0.2, -0.15) is 0 Å². The van der Waals surface area contributed by atoms with E-state index in [2.05, 4.69) is 20.8 Å². The van der Waals surface area contributed by atoms with Crippen molar-refractivity contribution in [2.24, 2.45) is 5.73 Å². The molecule has 0 aliphatic rings. The van der Waals surface area contributed by atoms with Gasteiger partial charge >= 0.3 is 6.03 Å². The smallest absolute Gasteiger partial charge is 0.315 e. The second-order valence-corrected chi connectivity index (χ2v) is 4.63. The Morgan fingerprint density at radius 3 is 2.50 bits per heavy atom. The number of urea groups is 1. The van der Waals surface area contributed by atoms with Gasteiger partial charge in [0.1, 0.15) is 6.33 Å². The van der Waals surface area contributed by atoms with Crippen LogP contribution >= 0.6 is 0 Å². The van der Waals surface area contributed by atoms with Gasteiger partial charge in [-0.05, 0) is 24.6 Å². The molecule has 1 aromatic carbocycles. The maximum absolute atomic E-state index is 11.7. The van der Waals surface area contributed by atoms with Crippen LogP contribution in [0.1, 0.15) is 28.7 Å². The van der Waals surface area contributed by atoms with Crippen molar-refractivity contribution in [2.45, 2.75) is 26.6 Å². The van der Waals surface area contributed by atoms with E-state index in [0.717, 1.165) is 12.1 Å². The van der Waals surface area contributed by atoms with E-state index in [4.69, 9.17) is 5.73 Å². The van der Waals surface area contributed by atoms with Crippen LogP contribution in [0, 0.1) is 0 Å². The molecule has 2 rings (SSSR count). The number of nitrogens with two attached hydrogens (primary N) is 1. The number of nitrogens with one attached hydrogen (secondary N) is 2. The van der Waals surface area contributed by atoms with Crippen molar-refractivity contribution in [3.05, 3.63) is 47.5 Å². The molecule has 1 heterocycles. The Kier molecular flexibility index (Phi) is 5.07. The van der Waals surface area contributed by atoms with Gasteiger partial charge in [-0.25, -0.2) is 4.79 Å². The van der Waals surface area contributed by atoms with Crippen molar-refractivity contribution in [1.29, 1.82) is 0 Å². The van der Waals surface area contributed by atoms with Crippen molar-refractivity contribution < 1.29 is 9.59 Å². The van der Waals surface area contributed by atoms with E-state index >= 15 is 0 Å². The van der Waals surface area contributed by atoms with E-state index in [0.29, 0.717) is 24.5 Å². The predicted molar refractivity (Wildman–Crippen MR) is 79.7 cm³/mol. The second kappa shape index (κ2) is 7.21. The fraction of sp³-hybridized carbons (Fsp3) is 0.286. The molecule has 0 aliphatic carbocycles. The minimum atomic E-state index is -0.475. The molecule has 0 radical (unpaired) electrons. The van der Waals surface area contributed by atoms with Crippen LogP contribution in [-0.4, -0.2) is 26.7 Å². The van der Waals surface area contributed by atoms with Gasteiger partial charge in [0.05, 0.1) is 6.54 Å². The molecular formula is C14H18N6O2. The first-order valence-corrected chi connectivity index (χ1v) is 6.87. The summed E-state index contributed by atoms with van der Waals surface area (Å²) in [6, 6.07) is 6.44. The van der Waals surface area contributed by atoms with Crippen LogP contribution in [-0.2, 0) is 19.6 Å². The molecule has 0 atom stereocenters. The lowest BCUT2D eigenvalue weighted by molar-refractivity contribution is 0.1000. The van der Waals surface area contributed by atoms with Gasteiger partial charge in [0.15, 0.2) is 5.82 Å². The summed E-state index contributed by atoms with van der Waals surface area (Å²) < 4.78 is 1.85. The van der Waals surface area contributed by atoms with Crippen LogP contribution in [0.25, 0.3) is 0 Å². The van der Waals surface area contributed by atoms with Crippen LogP contribution < -0.4 is 16.4 Å². The van der Waals surface area contributed by atoms with Gasteiger partial charge in [0.2, 0.25) is 5.91 Å². The molecule has 8 nitrogen and oxygen atoms in total. The normalized spacial score (nSPS) is 10.2. The summed E-state index contributed by atoms with van der Waals surface area (Å²) in [6.45, 7) is 3.38. The van der Waals surface area contributed by atoms with Crippen molar-refractivity contribution in [3.8, 4) is 0 Å². The maximum Gasteiger partial charge on any atom is 0.315 e. The Bertz CT molecular complexity index is 650. The molecule has 22 heavy (non-hydrogen) atoms. The fourth-order valence-electron chi connectivity index (χ4n) is 1.87. The number of hydrogen-bond donors (Lipinski definition) is 3. The third-order valence-electron chi connectivity index (χ3n) is 3.13. The molecule has 4 N–H and O–H groups in total. The molecule has 2 aromatic rings. The molecule has 0 fully saturated rings. The van der Waals surface area contributed by atoms with Gasteiger partial charge in [0, 0.05) is 18.7 Å². The van der Waals surface area contributed by atoms with Crippen molar-refractivity contribution >= 4 is 11.9 Å². The first kappa shape index (κ1) is 15.5. The Morgan fingerprint density at radius 1 is 1.18 bits per heavy atom. The Labute approximate surface area is 127 Å². The third-order valence-corrected chi connectivity index (χ3v) is 3.13. The van der Waals surface area contributed by atoms with Crippen molar-refractivity contribution in [1.82, 2.24) is 25.4 Å². The zero-order valence-corrected chi connectivity index (χ0v) is 12.2. The average molecular weight is 302 g/mol. The molecule has 0 aliphatic heterocycles. The number of amides is 3. The molecule has 1 aromatic heterocycles. The Morgan fingerprint density at radius 2 is 1.86 bits per heavy atom. The lowest BCUT2D eigenvalue weighted by atomic mass is 10.1. The van der Waals surface area contributed by atoms with Gasteiger partial charge < -0.3 is 20.9 Å². The summed E-state index contributed by atoms with van der Waals surface area (Å²) in [6.07, 6.45) is 1.62. The molecule has 0 saturated heterocycles. The summed E-state index contributed by atoms with van der Waals surface area (Å²) in [5.41, 5.74) is 6.47. The summed E-state index contributed by atoms with van der Waals surface area (Å²) in [7, 11) is 0. The highest BCUT2D eigenvalue weighted by Gasteiger charge is 2.06. The van der Waals surface area contributed by atoms with E-state index in [-0.39, 0.29) is 6.03 Å². The summed E-state index contributed by atoms with van der Waals surface area (Å²) in [5.74, 6) is 0.223. The molecule has 0 spiro atoms. The van der Waals surface area contributed by atoms with E-state index in [1.165, 1.54) is 0 Å². The second-order valence-electron chi connectivity index (χ2n) is 4.63. The molecule has 0 bridgehead atoms. The average Bonchev–Trinajstić information content (AvgIpc) is 2.98. The maximum atomic E-state index is 11.7. The standard InChI is InChI=1S/C14H18N6O2/c1-2-20-9-18-19-12(20)8-17-14(22)16-7-10-3-5-11(6-4-10)13(15)21/h3-6,9H,2,7-8H2,1H3,(H2,15,21)(H2,16,17,22). The highest BCUT2D eigenvalue weighted by atomic mass is 16.2. The minimum Gasteiger partial charge on any atom is -0.366 e.